The van der Waals surface area contributed by atoms with Crippen molar-refractivity contribution >= 4 is 6.98 Å². The van der Waals surface area contributed by atoms with Gasteiger partial charge in [0.15, 0.2) is 0 Å². The van der Waals surface area contributed by atoms with Crippen LogP contribution in [0.4, 0.5) is 12.9 Å². The molecule has 0 unspecified atom stereocenters. The van der Waals surface area contributed by atoms with Crippen LogP contribution in [0.5, 0.6) is 0 Å². The standard InChI is InChI=1S/C8H13BF3.K/c1-2-3-7-4-8(5-7,6-7)9(10,11)12;/h2-6H2,1H3;/q-1;+1. The quantitative estimate of drug-likeness (QED) is 0.605. The van der Waals surface area contributed by atoms with Gasteiger partial charge in [-0.15, -0.1) is 0 Å². The molecule has 3 aliphatic carbocycles. The van der Waals surface area contributed by atoms with Gasteiger partial charge >= 0.3 is 58.4 Å². The summed E-state index contributed by atoms with van der Waals surface area (Å²) in [5.74, 6) is 0. The van der Waals surface area contributed by atoms with Crippen molar-refractivity contribution in [3.63, 3.8) is 0 Å². The Morgan fingerprint density at radius 2 is 1.62 bits per heavy atom. The zero-order chi connectivity index (χ0) is 9.04. The van der Waals surface area contributed by atoms with Crippen LogP contribution >= 0.6 is 0 Å². The van der Waals surface area contributed by atoms with E-state index in [1.54, 1.807) is 0 Å². The number of halogens is 3. The zero-order valence-electron chi connectivity index (χ0n) is 8.25. The van der Waals surface area contributed by atoms with Gasteiger partial charge in [-0.25, -0.2) is 0 Å². The maximum Gasteiger partial charge on any atom is 1.00 e. The SMILES string of the molecule is CCCC12CC([B-](F)(F)F)(C1)C2.[K+]. The summed E-state index contributed by atoms with van der Waals surface area (Å²) in [4.78, 5) is 0. The Hall–Kier alpha value is 1.49. The minimum Gasteiger partial charge on any atom is -0.449 e. The fraction of sp³-hybridized carbons (Fsp3) is 1.00. The summed E-state index contributed by atoms with van der Waals surface area (Å²) >= 11 is 0. The van der Waals surface area contributed by atoms with Gasteiger partial charge in [-0.1, -0.05) is 37.9 Å². The third kappa shape index (κ3) is 1.69. The molecule has 2 bridgehead atoms. The van der Waals surface area contributed by atoms with Gasteiger partial charge in [0.25, 0.3) is 0 Å². The van der Waals surface area contributed by atoms with E-state index in [-0.39, 0.29) is 56.8 Å². The van der Waals surface area contributed by atoms with Crippen molar-refractivity contribution < 1.29 is 64.3 Å². The van der Waals surface area contributed by atoms with Crippen LogP contribution in [0.15, 0.2) is 0 Å². The fourth-order valence-electron chi connectivity index (χ4n) is 3.23. The van der Waals surface area contributed by atoms with E-state index in [2.05, 4.69) is 0 Å². The van der Waals surface area contributed by atoms with E-state index >= 15 is 0 Å². The van der Waals surface area contributed by atoms with E-state index in [9.17, 15) is 12.9 Å². The third-order valence-electron chi connectivity index (χ3n) is 3.66. The molecule has 3 rings (SSSR count). The van der Waals surface area contributed by atoms with Crippen LogP contribution < -0.4 is 51.4 Å². The van der Waals surface area contributed by atoms with Crippen LogP contribution in [0.3, 0.4) is 0 Å². The molecular formula is C8H13BF3K. The predicted octanol–water partition coefficient (Wildman–Crippen LogP) is 0.562. The first-order valence-electron chi connectivity index (χ1n) is 4.63. The minimum atomic E-state index is -4.55. The van der Waals surface area contributed by atoms with Crippen molar-refractivity contribution in [2.45, 2.75) is 44.3 Å². The summed E-state index contributed by atoms with van der Waals surface area (Å²) in [6, 6.07) is 0. The second kappa shape index (κ2) is 3.51. The molecule has 3 saturated carbocycles. The minimum absolute atomic E-state index is 0. The van der Waals surface area contributed by atoms with Gasteiger partial charge in [0.1, 0.15) is 0 Å². The third-order valence-corrected chi connectivity index (χ3v) is 3.66. The van der Waals surface area contributed by atoms with Crippen molar-refractivity contribution in [3.05, 3.63) is 0 Å². The second-order valence-electron chi connectivity index (χ2n) is 4.72. The average molecular weight is 216 g/mol. The van der Waals surface area contributed by atoms with Crippen molar-refractivity contribution in [1.82, 2.24) is 0 Å². The molecule has 0 amide bonds. The molecule has 5 heteroatoms. The molecule has 0 spiro atoms. The van der Waals surface area contributed by atoms with E-state index in [4.69, 9.17) is 0 Å². The summed E-state index contributed by atoms with van der Waals surface area (Å²) in [7, 11) is 0. The average Bonchev–Trinajstić information content (AvgIpc) is 1.70. The van der Waals surface area contributed by atoms with Gasteiger partial charge in [-0.3, -0.25) is 0 Å². The van der Waals surface area contributed by atoms with Gasteiger partial charge < -0.3 is 12.9 Å². The van der Waals surface area contributed by atoms with Crippen molar-refractivity contribution in [3.8, 4) is 0 Å². The fourth-order valence-corrected chi connectivity index (χ4v) is 3.23. The van der Waals surface area contributed by atoms with Crippen molar-refractivity contribution in [2.24, 2.45) is 5.41 Å². The largest absolute Gasteiger partial charge is 1.00 e. The maximum atomic E-state index is 12.4. The molecule has 0 heterocycles. The van der Waals surface area contributed by atoms with Gasteiger partial charge in [0.2, 0.25) is 0 Å². The van der Waals surface area contributed by atoms with E-state index in [0.717, 1.165) is 12.8 Å². The van der Waals surface area contributed by atoms with Crippen LogP contribution in [0, 0.1) is 5.41 Å². The van der Waals surface area contributed by atoms with Crippen LogP contribution in [-0.2, 0) is 0 Å². The Labute approximate surface area is 120 Å². The zero-order valence-corrected chi connectivity index (χ0v) is 11.4. The Balaban J connectivity index is 0.000000845. The molecule has 0 aliphatic heterocycles. The maximum absolute atomic E-state index is 12.4. The summed E-state index contributed by atoms with van der Waals surface area (Å²) < 4.78 is 37.2. The van der Waals surface area contributed by atoms with E-state index < -0.39 is 12.3 Å². The second-order valence-corrected chi connectivity index (χ2v) is 4.72. The molecular weight excluding hydrogens is 203 g/mol. The molecule has 3 aliphatic rings. The molecule has 0 saturated heterocycles. The van der Waals surface area contributed by atoms with Gasteiger partial charge in [-0.05, 0) is 11.8 Å². The molecule has 13 heavy (non-hydrogen) atoms. The first-order valence-corrected chi connectivity index (χ1v) is 4.63. The Morgan fingerprint density at radius 1 is 1.15 bits per heavy atom. The van der Waals surface area contributed by atoms with E-state index in [1.807, 2.05) is 6.92 Å². The van der Waals surface area contributed by atoms with Crippen LogP contribution in [0.1, 0.15) is 39.0 Å². The summed E-state index contributed by atoms with van der Waals surface area (Å²) in [6.45, 7) is -2.50. The normalized spacial score (nSPS) is 41.5. The molecule has 0 aromatic rings. The summed E-state index contributed by atoms with van der Waals surface area (Å²) in [6.07, 6.45) is 3.36. The molecule has 0 aromatic heterocycles. The van der Waals surface area contributed by atoms with Crippen LogP contribution in [-0.4, -0.2) is 6.98 Å². The topological polar surface area (TPSA) is 0 Å². The smallest absolute Gasteiger partial charge is 0.449 e. The Kier molecular flexibility index (Phi) is 3.39. The van der Waals surface area contributed by atoms with E-state index in [1.165, 1.54) is 0 Å². The first kappa shape index (κ1) is 12.6. The molecule has 0 aromatic carbocycles. The molecule has 0 atom stereocenters. The molecule has 70 valence electrons. The van der Waals surface area contributed by atoms with Crippen LogP contribution in [0.2, 0.25) is 5.31 Å². The molecule has 3 fully saturated rings. The van der Waals surface area contributed by atoms with Gasteiger partial charge in [0.05, 0.1) is 0 Å². The monoisotopic (exact) mass is 216 g/mol. The van der Waals surface area contributed by atoms with Gasteiger partial charge in [-0.2, -0.15) is 0 Å². The predicted molar refractivity (Wildman–Crippen MR) is 43.0 cm³/mol. The number of rotatable bonds is 3. The van der Waals surface area contributed by atoms with E-state index in [0.29, 0.717) is 19.3 Å². The number of hydrogen-bond donors (Lipinski definition) is 0. The Morgan fingerprint density at radius 3 is 1.92 bits per heavy atom. The number of hydrogen-bond acceptors (Lipinski definition) is 0. The Bertz CT molecular complexity index is 194. The summed E-state index contributed by atoms with van der Waals surface area (Å²) in [5.41, 5.74) is 0.131. The molecule has 0 radical (unpaired) electrons. The van der Waals surface area contributed by atoms with Crippen LogP contribution in [0.25, 0.3) is 0 Å². The van der Waals surface area contributed by atoms with Crippen molar-refractivity contribution in [2.75, 3.05) is 0 Å². The van der Waals surface area contributed by atoms with Crippen molar-refractivity contribution in [1.29, 1.82) is 0 Å². The molecule has 0 N–H and O–H groups in total. The summed E-state index contributed by atoms with van der Waals surface area (Å²) in [5, 5.41) is -1.17. The first-order chi connectivity index (χ1) is 5.43. The van der Waals surface area contributed by atoms with Gasteiger partial charge in [0, 0.05) is 0 Å². The molecule has 0 nitrogen and oxygen atoms in total.